The van der Waals surface area contributed by atoms with Crippen molar-refractivity contribution in [3.05, 3.63) is 34.3 Å². The molecule has 5 heteroatoms. The summed E-state index contributed by atoms with van der Waals surface area (Å²) in [4.78, 5) is 11.9. The zero-order valence-electron chi connectivity index (χ0n) is 10.3. The number of carbonyl (C=O) groups is 1. The molecular formula is C13H18Cl2N2O. The van der Waals surface area contributed by atoms with Crippen molar-refractivity contribution in [1.29, 1.82) is 0 Å². The minimum Gasteiger partial charge on any atom is -0.350 e. The fourth-order valence-electron chi connectivity index (χ4n) is 1.82. The number of rotatable bonds is 4. The average molecular weight is 289 g/mol. The number of benzene rings is 1. The number of amides is 1. The fourth-order valence-corrected chi connectivity index (χ4v) is 2.03. The highest BCUT2D eigenvalue weighted by molar-refractivity contribution is 6.34. The lowest BCUT2D eigenvalue weighted by atomic mass is 10.1. The first kappa shape index (κ1) is 15.3. The minimum atomic E-state index is -0.144. The first-order valence-electron chi connectivity index (χ1n) is 5.88. The van der Waals surface area contributed by atoms with Crippen molar-refractivity contribution in [1.82, 2.24) is 5.32 Å². The number of hydrogen-bond acceptors (Lipinski definition) is 2. The van der Waals surface area contributed by atoms with Crippen LogP contribution in [0.4, 0.5) is 0 Å². The maximum absolute atomic E-state index is 11.9. The van der Waals surface area contributed by atoms with E-state index < -0.39 is 0 Å². The summed E-state index contributed by atoms with van der Waals surface area (Å²) in [7, 11) is 0. The molecule has 1 aliphatic carbocycles. The van der Waals surface area contributed by atoms with Crippen molar-refractivity contribution >= 4 is 29.9 Å². The zero-order chi connectivity index (χ0) is 12.4. The molecule has 1 aliphatic rings. The van der Waals surface area contributed by atoms with Crippen molar-refractivity contribution in [3.63, 3.8) is 0 Å². The van der Waals surface area contributed by atoms with E-state index >= 15 is 0 Å². The smallest absolute Gasteiger partial charge is 0.252 e. The molecular weight excluding hydrogens is 271 g/mol. The lowest BCUT2D eigenvalue weighted by Gasteiger charge is -2.12. The Balaban J connectivity index is 0.00000162. The second kappa shape index (κ2) is 6.41. The SMILES string of the molecule is Cc1cccc(C(=O)NCC(N)C2CC2)c1Cl.Cl. The van der Waals surface area contributed by atoms with Gasteiger partial charge in [0.2, 0.25) is 0 Å². The maximum atomic E-state index is 11.9. The Labute approximate surface area is 118 Å². The topological polar surface area (TPSA) is 55.1 Å². The molecule has 1 amide bonds. The Morgan fingerprint density at radius 2 is 2.22 bits per heavy atom. The second-order valence-electron chi connectivity index (χ2n) is 4.65. The van der Waals surface area contributed by atoms with Crippen LogP contribution >= 0.6 is 24.0 Å². The molecule has 1 atom stereocenters. The van der Waals surface area contributed by atoms with E-state index in [1.165, 1.54) is 12.8 Å². The second-order valence-corrected chi connectivity index (χ2v) is 5.03. The van der Waals surface area contributed by atoms with Crippen molar-refractivity contribution in [2.45, 2.75) is 25.8 Å². The van der Waals surface area contributed by atoms with Gasteiger partial charge < -0.3 is 11.1 Å². The summed E-state index contributed by atoms with van der Waals surface area (Å²) in [6.07, 6.45) is 2.37. The fraction of sp³-hybridized carbons (Fsp3) is 0.462. The molecule has 0 spiro atoms. The van der Waals surface area contributed by atoms with E-state index in [9.17, 15) is 4.79 Å². The first-order valence-corrected chi connectivity index (χ1v) is 6.26. The number of nitrogens with one attached hydrogen (secondary N) is 1. The van der Waals surface area contributed by atoms with Crippen molar-refractivity contribution in [2.24, 2.45) is 11.7 Å². The van der Waals surface area contributed by atoms with Crippen molar-refractivity contribution in [2.75, 3.05) is 6.54 Å². The highest BCUT2D eigenvalue weighted by Crippen LogP contribution is 2.31. The number of halogens is 2. The third-order valence-corrected chi connectivity index (χ3v) is 3.66. The Hall–Kier alpha value is -0.770. The van der Waals surface area contributed by atoms with Crippen LogP contribution in [0.25, 0.3) is 0 Å². The first-order chi connectivity index (χ1) is 8.09. The molecule has 1 saturated carbocycles. The van der Waals surface area contributed by atoms with Crippen LogP contribution < -0.4 is 11.1 Å². The number of nitrogens with two attached hydrogens (primary N) is 1. The molecule has 0 heterocycles. The Kier molecular flexibility index (Phi) is 5.45. The number of carbonyl (C=O) groups excluding carboxylic acids is 1. The number of aryl methyl sites for hydroxylation is 1. The Morgan fingerprint density at radius 1 is 1.56 bits per heavy atom. The number of hydrogen-bond donors (Lipinski definition) is 2. The normalized spacial score (nSPS) is 15.7. The molecule has 1 fully saturated rings. The van der Waals surface area contributed by atoms with Crippen molar-refractivity contribution in [3.8, 4) is 0 Å². The van der Waals surface area contributed by atoms with Gasteiger partial charge in [-0.05, 0) is 37.3 Å². The van der Waals surface area contributed by atoms with Crippen LogP contribution in [0.5, 0.6) is 0 Å². The van der Waals surface area contributed by atoms with Gasteiger partial charge in [-0.25, -0.2) is 0 Å². The van der Waals surface area contributed by atoms with Crippen LogP contribution in [0, 0.1) is 12.8 Å². The molecule has 0 saturated heterocycles. The van der Waals surface area contributed by atoms with E-state index in [0.717, 1.165) is 5.56 Å². The van der Waals surface area contributed by atoms with Crippen LogP contribution in [0.3, 0.4) is 0 Å². The molecule has 0 aromatic heterocycles. The Bertz CT molecular complexity index is 433. The van der Waals surface area contributed by atoms with Gasteiger partial charge >= 0.3 is 0 Å². The lowest BCUT2D eigenvalue weighted by Crippen LogP contribution is -2.38. The van der Waals surface area contributed by atoms with Gasteiger partial charge in [-0.15, -0.1) is 12.4 Å². The summed E-state index contributed by atoms with van der Waals surface area (Å²) in [6, 6.07) is 5.52. The maximum Gasteiger partial charge on any atom is 0.252 e. The summed E-state index contributed by atoms with van der Waals surface area (Å²) in [5.74, 6) is 0.443. The summed E-state index contributed by atoms with van der Waals surface area (Å²) < 4.78 is 0. The summed E-state index contributed by atoms with van der Waals surface area (Å²) in [6.45, 7) is 2.41. The molecule has 0 bridgehead atoms. The quantitative estimate of drug-likeness (QED) is 0.895. The van der Waals surface area contributed by atoms with Gasteiger partial charge in [0.15, 0.2) is 0 Å². The van der Waals surface area contributed by atoms with E-state index in [2.05, 4.69) is 5.32 Å². The predicted octanol–water partition coefficient (Wildman–Crippen LogP) is 2.54. The van der Waals surface area contributed by atoms with E-state index in [0.29, 0.717) is 23.0 Å². The van der Waals surface area contributed by atoms with Crippen molar-refractivity contribution < 1.29 is 4.79 Å². The third kappa shape index (κ3) is 3.61. The van der Waals surface area contributed by atoms with Crippen LogP contribution in [0.2, 0.25) is 5.02 Å². The summed E-state index contributed by atoms with van der Waals surface area (Å²) in [5, 5.41) is 3.36. The molecule has 0 radical (unpaired) electrons. The van der Waals surface area contributed by atoms with Gasteiger partial charge in [-0.2, -0.15) is 0 Å². The largest absolute Gasteiger partial charge is 0.350 e. The molecule has 0 aliphatic heterocycles. The molecule has 100 valence electrons. The molecule has 18 heavy (non-hydrogen) atoms. The van der Waals surface area contributed by atoms with Gasteiger partial charge in [-0.1, -0.05) is 23.7 Å². The minimum absolute atomic E-state index is 0. The molecule has 1 unspecified atom stereocenters. The van der Waals surface area contributed by atoms with Gasteiger partial charge in [0.25, 0.3) is 5.91 Å². The van der Waals surface area contributed by atoms with Crippen LogP contribution in [-0.4, -0.2) is 18.5 Å². The van der Waals surface area contributed by atoms with E-state index in [1.54, 1.807) is 6.07 Å². The predicted molar refractivity (Wildman–Crippen MR) is 76.5 cm³/mol. The molecule has 2 rings (SSSR count). The molecule has 3 nitrogen and oxygen atoms in total. The van der Waals surface area contributed by atoms with E-state index in [1.807, 2.05) is 19.1 Å². The lowest BCUT2D eigenvalue weighted by molar-refractivity contribution is 0.0950. The molecule has 1 aromatic rings. The average Bonchev–Trinajstić information content (AvgIpc) is 3.13. The van der Waals surface area contributed by atoms with Gasteiger partial charge in [0.05, 0.1) is 10.6 Å². The van der Waals surface area contributed by atoms with Crippen LogP contribution in [-0.2, 0) is 0 Å². The van der Waals surface area contributed by atoms with Gasteiger partial charge in [-0.3, -0.25) is 4.79 Å². The summed E-state index contributed by atoms with van der Waals surface area (Å²) >= 11 is 6.09. The van der Waals surface area contributed by atoms with Crippen LogP contribution in [0.1, 0.15) is 28.8 Å². The summed E-state index contributed by atoms with van der Waals surface area (Å²) in [5.41, 5.74) is 7.36. The molecule has 3 N–H and O–H groups in total. The van der Waals surface area contributed by atoms with E-state index in [-0.39, 0.29) is 24.4 Å². The van der Waals surface area contributed by atoms with Gasteiger partial charge in [0.1, 0.15) is 0 Å². The van der Waals surface area contributed by atoms with Crippen LogP contribution in [0.15, 0.2) is 18.2 Å². The standard InChI is InChI=1S/C13H17ClN2O.ClH/c1-8-3-2-4-10(12(8)14)13(17)16-7-11(15)9-5-6-9;/h2-4,9,11H,5-7,15H2,1H3,(H,16,17);1H. The highest BCUT2D eigenvalue weighted by Gasteiger charge is 2.28. The monoisotopic (exact) mass is 288 g/mol. The highest BCUT2D eigenvalue weighted by atomic mass is 35.5. The zero-order valence-corrected chi connectivity index (χ0v) is 11.9. The molecule has 1 aromatic carbocycles. The third-order valence-electron chi connectivity index (χ3n) is 3.16. The van der Waals surface area contributed by atoms with E-state index in [4.69, 9.17) is 17.3 Å². The van der Waals surface area contributed by atoms with Gasteiger partial charge in [0, 0.05) is 12.6 Å². The Morgan fingerprint density at radius 3 is 2.83 bits per heavy atom.